The molecule has 1 atom stereocenters. The summed E-state index contributed by atoms with van der Waals surface area (Å²) in [6, 6.07) is 18.6. The Hall–Kier alpha value is -3.14. The first-order valence-corrected chi connectivity index (χ1v) is 8.44. The number of hydrogen-bond donors (Lipinski definition) is 1. The highest BCUT2D eigenvalue weighted by molar-refractivity contribution is 5.80. The second-order valence-corrected chi connectivity index (χ2v) is 6.15. The topological polar surface area (TPSA) is 50.7 Å². The molecule has 4 aromatic rings. The summed E-state index contributed by atoms with van der Waals surface area (Å²) in [5, 5.41) is 1.05. The summed E-state index contributed by atoms with van der Waals surface area (Å²) in [5.41, 5.74) is 4.02. The van der Waals surface area contributed by atoms with E-state index in [9.17, 15) is 4.79 Å². The maximum atomic E-state index is 12.0. The normalized spacial score (nSPS) is 12.4. The summed E-state index contributed by atoms with van der Waals surface area (Å²) in [7, 11) is 0. The molecule has 0 aliphatic heterocycles. The Bertz CT molecular complexity index is 1050. The van der Waals surface area contributed by atoms with Crippen LogP contribution in [0.4, 0.5) is 0 Å². The number of aryl methyl sites for hydroxylation is 1. The Morgan fingerprint density at radius 2 is 1.92 bits per heavy atom. The molecule has 0 bridgehead atoms. The van der Waals surface area contributed by atoms with Crippen LogP contribution in [-0.4, -0.2) is 14.5 Å². The fourth-order valence-electron chi connectivity index (χ4n) is 3.30. The highest BCUT2D eigenvalue weighted by Crippen LogP contribution is 2.28. The van der Waals surface area contributed by atoms with E-state index in [0.29, 0.717) is 0 Å². The largest absolute Gasteiger partial charge is 0.326 e. The maximum absolute atomic E-state index is 12.0. The lowest BCUT2D eigenvalue weighted by Gasteiger charge is -2.20. The van der Waals surface area contributed by atoms with Crippen LogP contribution in [0.5, 0.6) is 0 Å². The van der Waals surface area contributed by atoms with Gasteiger partial charge in [0.15, 0.2) is 0 Å². The smallest absolute Gasteiger partial charge is 0.251 e. The lowest BCUT2D eigenvalue weighted by Crippen LogP contribution is -2.13. The molecular formula is C21H19N3O. The summed E-state index contributed by atoms with van der Waals surface area (Å²) in [6.07, 6.45) is 6.33. The van der Waals surface area contributed by atoms with Crippen LogP contribution in [0.3, 0.4) is 0 Å². The molecule has 25 heavy (non-hydrogen) atoms. The summed E-state index contributed by atoms with van der Waals surface area (Å²) in [5.74, 6) is 0. The van der Waals surface area contributed by atoms with Crippen LogP contribution in [0.25, 0.3) is 10.9 Å². The molecule has 0 radical (unpaired) electrons. The van der Waals surface area contributed by atoms with E-state index in [0.717, 1.165) is 28.5 Å². The first kappa shape index (κ1) is 15.4. The molecule has 1 N–H and O–H groups in total. The van der Waals surface area contributed by atoms with Gasteiger partial charge in [0, 0.05) is 23.5 Å². The van der Waals surface area contributed by atoms with Crippen LogP contribution < -0.4 is 5.56 Å². The number of H-pyrrole nitrogens is 1. The van der Waals surface area contributed by atoms with Gasteiger partial charge in [-0.05, 0) is 41.1 Å². The van der Waals surface area contributed by atoms with Crippen molar-refractivity contribution >= 4 is 10.9 Å². The zero-order chi connectivity index (χ0) is 17.2. The SMILES string of the molecule is CCc1cc2cc(C(c3ccccc3)n3ccnc3)ccc2[nH]c1=O. The van der Waals surface area contributed by atoms with Crippen molar-refractivity contribution in [2.24, 2.45) is 0 Å². The fourth-order valence-corrected chi connectivity index (χ4v) is 3.30. The predicted molar refractivity (Wildman–Crippen MR) is 99.9 cm³/mol. The quantitative estimate of drug-likeness (QED) is 0.617. The number of fused-ring (bicyclic) bond motifs is 1. The van der Waals surface area contributed by atoms with E-state index in [2.05, 4.69) is 38.8 Å². The van der Waals surface area contributed by atoms with Crippen LogP contribution in [0.2, 0.25) is 0 Å². The van der Waals surface area contributed by atoms with E-state index in [4.69, 9.17) is 0 Å². The van der Waals surface area contributed by atoms with Crippen LogP contribution in [0.1, 0.15) is 29.7 Å². The van der Waals surface area contributed by atoms with Gasteiger partial charge in [-0.3, -0.25) is 4.79 Å². The third-order valence-electron chi connectivity index (χ3n) is 4.58. The molecule has 4 nitrogen and oxygen atoms in total. The van der Waals surface area contributed by atoms with E-state index < -0.39 is 0 Å². The molecule has 1 unspecified atom stereocenters. The highest BCUT2D eigenvalue weighted by Gasteiger charge is 2.16. The molecule has 0 fully saturated rings. The van der Waals surface area contributed by atoms with Crippen molar-refractivity contribution in [2.45, 2.75) is 19.4 Å². The van der Waals surface area contributed by atoms with Crippen LogP contribution in [0, 0.1) is 0 Å². The zero-order valence-electron chi connectivity index (χ0n) is 14.0. The second-order valence-electron chi connectivity index (χ2n) is 6.15. The van der Waals surface area contributed by atoms with Gasteiger partial charge in [0.05, 0.1) is 12.4 Å². The second kappa shape index (κ2) is 6.40. The first-order chi connectivity index (χ1) is 12.3. The van der Waals surface area contributed by atoms with Gasteiger partial charge in [-0.25, -0.2) is 4.98 Å². The number of nitrogens with zero attached hydrogens (tertiary/aromatic N) is 2. The Kier molecular flexibility index (Phi) is 3.94. The summed E-state index contributed by atoms with van der Waals surface area (Å²) in [4.78, 5) is 19.2. The van der Waals surface area contributed by atoms with Gasteiger partial charge in [0.1, 0.15) is 0 Å². The van der Waals surface area contributed by atoms with Crippen LogP contribution >= 0.6 is 0 Å². The van der Waals surface area contributed by atoms with Crippen molar-refractivity contribution < 1.29 is 0 Å². The van der Waals surface area contributed by atoms with Gasteiger partial charge in [-0.15, -0.1) is 0 Å². The van der Waals surface area contributed by atoms with Crippen molar-refractivity contribution in [1.29, 1.82) is 0 Å². The molecule has 0 aliphatic rings. The lowest BCUT2D eigenvalue weighted by molar-refractivity contribution is 0.677. The number of benzene rings is 2. The molecule has 0 amide bonds. The number of imidazole rings is 1. The number of aromatic nitrogens is 3. The minimum atomic E-state index is -0.00281. The van der Waals surface area contributed by atoms with E-state index in [1.165, 1.54) is 5.56 Å². The maximum Gasteiger partial charge on any atom is 0.251 e. The number of pyridine rings is 1. The predicted octanol–water partition coefficient (Wildman–Crippen LogP) is 3.92. The van der Waals surface area contributed by atoms with Gasteiger partial charge in [0.25, 0.3) is 5.56 Å². The molecule has 2 heterocycles. The molecule has 124 valence electrons. The first-order valence-electron chi connectivity index (χ1n) is 8.44. The van der Waals surface area contributed by atoms with E-state index >= 15 is 0 Å². The molecule has 2 aromatic heterocycles. The number of nitrogens with one attached hydrogen (secondary N) is 1. The Morgan fingerprint density at radius 3 is 2.64 bits per heavy atom. The minimum absolute atomic E-state index is 0.00281. The fraction of sp³-hybridized carbons (Fsp3) is 0.143. The third kappa shape index (κ3) is 2.87. The molecule has 2 aromatic carbocycles. The third-order valence-corrected chi connectivity index (χ3v) is 4.58. The van der Waals surface area contributed by atoms with Gasteiger partial charge in [-0.2, -0.15) is 0 Å². The average molecular weight is 329 g/mol. The molecule has 4 heteroatoms. The Balaban J connectivity index is 1.90. The van der Waals surface area contributed by atoms with Crippen molar-refractivity contribution in [3.8, 4) is 0 Å². The van der Waals surface area contributed by atoms with Crippen molar-refractivity contribution in [2.75, 3.05) is 0 Å². The number of aromatic amines is 1. The summed E-state index contributed by atoms with van der Waals surface area (Å²) < 4.78 is 2.10. The average Bonchev–Trinajstić information content (AvgIpc) is 3.16. The Morgan fingerprint density at radius 1 is 1.08 bits per heavy atom. The highest BCUT2D eigenvalue weighted by atomic mass is 16.1. The van der Waals surface area contributed by atoms with Crippen molar-refractivity contribution in [3.63, 3.8) is 0 Å². The van der Waals surface area contributed by atoms with Crippen molar-refractivity contribution in [1.82, 2.24) is 14.5 Å². The summed E-state index contributed by atoms with van der Waals surface area (Å²) >= 11 is 0. The lowest BCUT2D eigenvalue weighted by atomic mass is 9.96. The van der Waals surface area contributed by atoms with Gasteiger partial charge < -0.3 is 9.55 Å². The monoisotopic (exact) mass is 329 g/mol. The van der Waals surface area contributed by atoms with E-state index in [1.54, 1.807) is 6.20 Å². The van der Waals surface area contributed by atoms with Crippen molar-refractivity contribution in [3.05, 3.63) is 100 Å². The number of rotatable bonds is 4. The number of hydrogen-bond acceptors (Lipinski definition) is 2. The van der Waals surface area contributed by atoms with E-state index in [-0.39, 0.29) is 11.6 Å². The van der Waals surface area contributed by atoms with Crippen LogP contribution in [0.15, 0.2) is 78.1 Å². The summed E-state index contributed by atoms with van der Waals surface area (Å²) in [6.45, 7) is 2.00. The van der Waals surface area contributed by atoms with Gasteiger partial charge >= 0.3 is 0 Å². The minimum Gasteiger partial charge on any atom is -0.326 e. The molecule has 0 spiro atoms. The Labute approximate surface area is 145 Å². The molecule has 4 rings (SSSR count). The molecule has 0 saturated heterocycles. The van der Waals surface area contributed by atoms with E-state index in [1.807, 2.05) is 49.8 Å². The zero-order valence-corrected chi connectivity index (χ0v) is 14.0. The molecule has 0 aliphatic carbocycles. The molecular weight excluding hydrogens is 310 g/mol. The van der Waals surface area contributed by atoms with Crippen LogP contribution in [-0.2, 0) is 6.42 Å². The molecule has 0 saturated carbocycles. The standard InChI is InChI=1S/C21H19N3O/c1-2-15-12-18-13-17(8-9-19(18)23-21(15)25)20(24-11-10-22-14-24)16-6-4-3-5-7-16/h3-14,20H,2H2,1H3,(H,23,25). The van der Waals surface area contributed by atoms with Gasteiger partial charge in [0.2, 0.25) is 0 Å². The van der Waals surface area contributed by atoms with Gasteiger partial charge in [-0.1, -0.05) is 43.3 Å².